The first-order chi connectivity index (χ1) is 7.35. The average molecular weight is 203 g/mol. The lowest BCUT2D eigenvalue weighted by Gasteiger charge is -2.07. The molecule has 4 nitrogen and oxygen atoms in total. The van der Waals surface area contributed by atoms with E-state index in [1.165, 1.54) is 0 Å². The highest BCUT2D eigenvalue weighted by Crippen LogP contribution is 2.21. The van der Waals surface area contributed by atoms with Gasteiger partial charge in [-0.3, -0.25) is 0 Å². The van der Waals surface area contributed by atoms with E-state index in [2.05, 4.69) is 5.10 Å². The van der Waals surface area contributed by atoms with E-state index in [-0.39, 0.29) is 0 Å². The van der Waals surface area contributed by atoms with Crippen LogP contribution in [0.2, 0.25) is 0 Å². The van der Waals surface area contributed by atoms with E-state index in [1.54, 1.807) is 18.0 Å². The maximum Gasteiger partial charge on any atom is 0.144 e. The zero-order chi connectivity index (χ0) is 10.7. The van der Waals surface area contributed by atoms with E-state index in [1.807, 2.05) is 30.5 Å². The van der Waals surface area contributed by atoms with Gasteiger partial charge in [0.05, 0.1) is 13.3 Å². The summed E-state index contributed by atoms with van der Waals surface area (Å²) in [5.41, 5.74) is 7.44. The number of rotatable bonds is 3. The first kappa shape index (κ1) is 9.73. The number of nitrogens with zero attached hydrogens (tertiary/aromatic N) is 2. The van der Waals surface area contributed by atoms with Gasteiger partial charge in [0, 0.05) is 18.3 Å². The molecule has 0 aliphatic rings. The monoisotopic (exact) mass is 203 g/mol. The van der Waals surface area contributed by atoms with Gasteiger partial charge < -0.3 is 10.5 Å². The molecule has 1 aromatic carbocycles. The Kier molecular flexibility index (Phi) is 2.69. The average Bonchev–Trinajstić information content (AvgIpc) is 2.77. The molecule has 0 fully saturated rings. The quantitative estimate of drug-likeness (QED) is 0.819. The van der Waals surface area contributed by atoms with Gasteiger partial charge in [0.25, 0.3) is 0 Å². The number of nitrogens with two attached hydrogens (primary N) is 1. The second-order valence-corrected chi connectivity index (χ2v) is 3.17. The molecule has 2 aromatic rings. The SMILES string of the molecule is COc1ccccc1-n1cc(CN)cn1. The van der Waals surface area contributed by atoms with Crippen LogP contribution in [0, 0.1) is 0 Å². The van der Waals surface area contributed by atoms with E-state index in [0.717, 1.165) is 17.0 Å². The molecule has 0 radical (unpaired) electrons. The van der Waals surface area contributed by atoms with Crippen molar-refractivity contribution in [2.24, 2.45) is 5.73 Å². The fourth-order valence-corrected chi connectivity index (χ4v) is 1.42. The van der Waals surface area contributed by atoms with Crippen molar-refractivity contribution < 1.29 is 4.74 Å². The number of benzene rings is 1. The van der Waals surface area contributed by atoms with Gasteiger partial charge >= 0.3 is 0 Å². The van der Waals surface area contributed by atoms with Crippen LogP contribution in [0.4, 0.5) is 0 Å². The molecule has 0 saturated heterocycles. The molecule has 0 aliphatic carbocycles. The Morgan fingerprint density at radius 2 is 2.20 bits per heavy atom. The predicted octanol–water partition coefficient (Wildman–Crippen LogP) is 1.34. The zero-order valence-electron chi connectivity index (χ0n) is 8.55. The van der Waals surface area contributed by atoms with Crippen LogP contribution < -0.4 is 10.5 Å². The fraction of sp³-hybridized carbons (Fsp3) is 0.182. The smallest absolute Gasteiger partial charge is 0.144 e. The van der Waals surface area contributed by atoms with Gasteiger partial charge in [0.1, 0.15) is 11.4 Å². The molecule has 0 unspecified atom stereocenters. The maximum absolute atomic E-state index is 5.53. The molecule has 78 valence electrons. The third-order valence-electron chi connectivity index (χ3n) is 2.20. The topological polar surface area (TPSA) is 53.1 Å². The molecule has 1 aromatic heterocycles. The number of methoxy groups -OCH3 is 1. The van der Waals surface area contributed by atoms with Crippen LogP contribution in [0.15, 0.2) is 36.7 Å². The molecule has 0 amide bonds. The lowest BCUT2D eigenvalue weighted by atomic mass is 10.3. The van der Waals surface area contributed by atoms with Crippen molar-refractivity contribution in [3.8, 4) is 11.4 Å². The van der Waals surface area contributed by atoms with Crippen LogP contribution in [0.3, 0.4) is 0 Å². The third kappa shape index (κ3) is 1.85. The van der Waals surface area contributed by atoms with Gasteiger partial charge in [0.15, 0.2) is 0 Å². The number of aromatic nitrogens is 2. The van der Waals surface area contributed by atoms with E-state index in [4.69, 9.17) is 10.5 Å². The minimum absolute atomic E-state index is 0.495. The zero-order valence-corrected chi connectivity index (χ0v) is 8.55. The van der Waals surface area contributed by atoms with E-state index in [0.29, 0.717) is 6.54 Å². The Hall–Kier alpha value is -1.81. The summed E-state index contributed by atoms with van der Waals surface area (Å²) in [6.07, 6.45) is 3.66. The number of ether oxygens (including phenoxy) is 1. The summed E-state index contributed by atoms with van der Waals surface area (Å²) < 4.78 is 7.02. The second kappa shape index (κ2) is 4.14. The molecule has 15 heavy (non-hydrogen) atoms. The summed E-state index contributed by atoms with van der Waals surface area (Å²) in [5.74, 6) is 0.796. The first-order valence-corrected chi connectivity index (χ1v) is 4.72. The summed E-state index contributed by atoms with van der Waals surface area (Å²) in [5, 5.41) is 4.22. The molecule has 0 aliphatic heterocycles. The molecule has 0 bridgehead atoms. The summed E-state index contributed by atoms with van der Waals surface area (Å²) in [6, 6.07) is 7.72. The Bertz CT molecular complexity index is 451. The van der Waals surface area contributed by atoms with E-state index < -0.39 is 0 Å². The van der Waals surface area contributed by atoms with Gasteiger partial charge in [-0.15, -0.1) is 0 Å². The van der Waals surface area contributed by atoms with Gasteiger partial charge in [-0.25, -0.2) is 4.68 Å². The van der Waals surface area contributed by atoms with Crippen molar-refractivity contribution in [1.82, 2.24) is 9.78 Å². The second-order valence-electron chi connectivity index (χ2n) is 3.17. The van der Waals surface area contributed by atoms with Crippen molar-refractivity contribution in [1.29, 1.82) is 0 Å². The lowest BCUT2D eigenvalue weighted by Crippen LogP contribution is -1.98. The van der Waals surface area contributed by atoms with Crippen LogP contribution in [0.5, 0.6) is 5.75 Å². The maximum atomic E-state index is 5.53. The van der Waals surface area contributed by atoms with Crippen molar-refractivity contribution >= 4 is 0 Å². The summed E-state index contributed by atoms with van der Waals surface area (Å²) in [4.78, 5) is 0. The first-order valence-electron chi connectivity index (χ1n) is 4.72. The van der Waals surface area contributed by atoms with Crippen LogP contribution in [0.1, 0.15) is 5.56 Å². The van der Waals surface area contributed by atoms with Crippen LogP contribution in [-0.2, 0) is 6.54 Å². The van der Waals surface area contributed by atoms with Gasteiger partial charge in [0.2, 0.25) is 0 Å². The predicted molar refractivity (Wildman–Crippen MR) is 58.0 cm³/mol. The molecule has 0 atom stereocenters. The molecule has 4 heteroatoms. The fourth-order valence-electron chi connectivity index (χ4n) is 1.42. The van der Waals surface area contributed by atoms with Gasteiger partial charge in [-0.1, -0.05) is 12.1 Å². The normalized spacial score (nSPS) is 10.3. The Balaban J connectivity index is 2.44. The van der Waals surface area contributed by atoms with Gasteiger partial charge in [-0.05, 0) is 12.1 Å². The van der Waals surface area contributed by atoms with Crippen molar-refractivity contribution in [3.63, 3.8) is 0 Å². The minimum Gasteiger partial charge on any atom is -0.494 e. The van der Waals surface area contributed by atoms with Crippen LogP contribution >= 0.6 is 0 Å². The number of hydrogen-bond acceptors (Lipinski definition) is 3. The highest BCUT2D eigenvalue weighted by molar-refractivity contribution is 5.45. The van der Waals surface area contributed by atoms with Gasteiger partial charge in [-0.2, -0.15) is 5.10 Å². The largest absolute Gasteiger partial charge is 0.494 e. The molecule has 2 N–H and O–H groups in total. The third-order valence-corrected chi connectivity index (χ3v) is 2.20. The summed E-state index contributed by atoms with van der Waals surface area (Å²) in [7, 11) is 1.65. The van der Waals surface area contributed by atoms with Crippen LogP contribution in [-0.4, -0.2) is 16.9 Å². The standard InChI is InChI=1S/C11H13N3O/c1-15-11-5-3-2-4-10(11)14-8-9(6-12)7-13-14/h2-5,7-8H,6,12H2,1H3. The summed E-state index contributed by atoms with van der Waals surface area (Å²) >= 11 is 0. The lowest BCUT2D eigenvalue weighted by molar-refractivity contribution is 0.411. The summed E-state index contributed by atoms with van der Waals surface area (Å²) in [6.45, 7) is 0.495. The van der Waals surface area contributed by atoms with E-state index >= 15 is 0 Å². The molecule has 2 rings (SSSR count). The molecular weight excluding hydrogens is 190 g/mol. The number of hydrogen-bond donors (Lipinski definition) is 1. The highest BCUT2D eigenvalue weighted by Gasteiger charge is 2.04. The Morgan fingerprint density at radius 3 is 2.87 bits per heavy atom. The van der Waals surface area contributed by atoms with E-state index in [9.17, 15) is 0 Å². The van der Waals surface area contributed by atoms with Crippen LogP contribution in [0.25, 0.3) is 5.69 Å². The van der Waals surface area contributed by atoms with Crippen molar-refractivity contribution in [3.05, 3.63) is 42.2 Å². The Labute approximate surface area is 88.3 Å². The molecular formula is C11H13N3O. The van der Waals surface area contributed by atoms with Crippen molar-refractivity contribution in [2.75, 3.05) is 7.11 Å². The minimum atomic E-state index is 0.495. The highest BCUT2D eigenvalue weighted by atomic mass is 16.5. The molecule has 1 heterocycles. The molecule has 0 spiro atoms. The van der Waals surface area contributed by atoms with Crippen molar-refractivity contribution in [2.45, 2.75) is 6.54 Å². The molecule has 0 saturated carbocycles. The number of para-hydroxylation sites is 2. The Morgan fingerprint density at radius 1 is 1.40 bits per heavy atom.